The molecule has 0 saturated carbocycles. The van der Waals surface area contributed by atoms with Crippen molar-refractivity contribution in [2.45, 2.75) is 25.1 Å². The van der Waals surface area contributed by atoms with Crippen LogP contribution < -0.4 is 15.5 Å². The van der Waals surface area contributed by atoms with Crippen LogP contribution >= 0.6 is 0 Å². The third-order valence-electron chi connectivity index (χ3n) is 7.62. The minimum Gasteiger partial charge on any atom is -0.339 e. The number of hydrogen-bond acceptors (Lipinski definition) is 5. The van der Waals surface area contributed by atoms with Gasteiger partial charge >= 0.3 is 6.18 Å². The number of carbonyl (C=O) groups excluding carboxylic acids is 3. The first kappa shape index (κ1) is 33.1. The molecule has 0 radical (unpaired) electrons. The molecule has 2 heterocycles. The summed E-state index contributed by atoms with van der Waals surface area (Å²) in [5, 5.41) is 9.79. The first-order chi connectivity index (χ1) is 22.4. The molecule has 3 amide bonds. The Morgan fingerprint density at radius 3 is 2.43 bits per heavy atom. The average molecular weight is 649 g/mol. The summed E-state index contributed by atoms with van der Waals surface area (Å²) in [5.74, 6) is -3.60. The van der Waals surface area contributed by atoms with E-state index in [2.05, 4.69) is 15.7 Å². The third-order valence-corrected chi connectivity index (χ3v) is 7.62. The molecule has 47 heavy (non-hydrogen) atoms. The minimum absolute atomic E-state index is 0.0348. The van der Waals surface area contributed by atoms with Crippen LogP contribution in [0.5, 0.6) is 0 Å². The van der Waals surface area contributed by atoms with Crippen LogP contribution in [-0.4, -0.2) is 65.6 Å². The lowest BCUT2D eigenvalue weighted by Crippen LogP contribution is -2.55. The number of benzene rings is 3. The number of aromatic nitrogens is 2. The molecule has 1 aliphatic rings. The van der Waals surface area contributed by atoms with Crippen LogP contribution in [0, 0.1) is 5.82 Å². The van der Waals surface area contributed by atoms with E-state index in [0.717, 1.165) is 18.2 Å². The number of hydrogen-bond donors (Lipinski definition) is 2. The van der Waals surface area contributed by atoms with Gasteiger partial charge in [-0.25, -0.2) is 9.07 Å². The molecule has 0 saturated heterocycles. The number of likely N-dealkylation sites (N-methyl/N-ethyl adjacent to an activating group) is 2. The van der Waals surface area contributed by atoms with Gasteiger partial charge in [-0.15, -0.1) is 0 Å². The number of carbonyl (C=O) groups is 3. The molecule has 13 heteroatoms. The van der Waals surface area contributed by atoms with Crippen molar-refractivity contribution in [1.29, 1.82) is 0 Å². The van der Waals surface area contributed by atoms with Gasteiger partial charge in [-0.2, -0.15) is 18.3 Å². The van der Waals surface area contributed by atoms with E-state index >= 15 is 4.39 Å². The summed E-state index contributed by atoms with van der Waals surface area (Å²) in [7, 11) is 3.69. The molecule has 0 spiro atoms. The Labute approximate surface area is 268 Å². The van der Waals surface area contributed by atoms with Crippen molar-refractivity contribution in [3.8, 4) is 5.69 Å². The Morgan fingerprint density at radius 2 is 1.74 bits per heavy atom. The minimum atomic E-state index is -4.70. The highest BCUT2D eigenvalue weighted by molar-refractivity contribution is 6.05. The first-order valence-electron chi connectivity index (χ1n) is 14.7. The monoisotopic (exact) mass is 648 g/mol. The van der Waals surface area contributed by atoms with Crippen LogP contribution in [0.2, 0.25) is 0 Å². The van der Waals surface area contributed by atoms with E-state index in [0.29, 0.717) is 29.7 Å². The molecule has 0 fully saturated rings. The second-order valence-electron chi connectivity index (χ2n) is 11.2. The van der Waals surface area contributed by atoms with E-state index in [1.807, 2.05) is 25.1 Å². The van der Waals surface area contributed by atoms with Gasteiger partial charge in [0.25, 0.3) is 11.8 Å². The number of alkyl halides is 3. The molecule has 3 aromatic carbocycles. The van der Waals surface area contributed by atoms with Crippen LogP contribution in [0.1, 0.15) is 39.9 Å². The largest absolute Gasteiger partial charge is 0.416 e. The lowest BCUT2D eigenvalue weighted by atomic mass is 9.81. The number of rotatable bonds is 9. The number of amides is 3. The lowest BCUT2D eigenvalue weighted by Gasteiger charge is -2.38. The molecule has 2 atom stereocenters. The number of fused-ring (bicyclic) bond motifs is 1. The third kappa shape index (κ3) is 7.09. The van der Waals surface area contributed by atoms with Crippen LogP contribution in [0.15, 0.2) is 91.1 Å². The van der Waals surface area contributed by atoms with Gasteiger partial charge < -0.3 is 15.5 Å². The van der Waals surface area contributed by atoms with Crippen LogP contribution in [-0.2, 0) is 15.8 Å². The van der Waals surface area contributed by atoms with E-state index in [1.165, 1.54) is 40.1 Å². The van der Waals surface area contributed by atoms with E-state index in [1.54, 1.807) is 37.3 Å². The average Bonchev–Trinajstić information content (AvgIpc) is 3.47. The predicted octanol–water partition coefficient (Wildman–Crippen LogP) is 5.38. The Hall–Kier alpha value is -5.30. The van der Waals surface area contributed by atoms with Gasteiger partial charge in [-0.3, -0.25) is 19.3 Å². The van der Waals surface area contributed by atoms with Crippen molar-refractivity contribution in [3.63, 3.8) is 0 Å². The normalized spacial score (nSPS) is 16.4. The Balaban J connectivity index is 1.61. The fraction of sp³-hybridized carbons (Fsp3) is 0.235. The quantitative estimate of drug-likeness (QED) is 0.188. The van der Waals surface area contributed by atoms with Gasteiger partial charge in [0.15, 0.2) is 0 Å². The Kier molecular flexibility index (Phi) is 9.56. The molecular formula is C34H32F4N6O3. The van der Waals surface area contributed by atoms with Crippen molar-refractivity contribution in [1.82, 2.24) is 20.0 Å². The van der Waals surface area contributed by atoms with Crippen LogP contribution in [0.4, 0.5) is 29.1 Å². The van der Waals surface area contributed by atoms with Crippen molar-refractivity contribution in [3.05, 3.63) is 119 Å². The molecule has 9 nitrogen and oxygen atoms in total. The zero-order valence-corrected chi connectivity index (χ0v) is 25.8. The summed E-state index contributed by atoms with van der Waals surface area (Å²) < 4.78 is 57.7. The predicted molar refractivity (Wildman–Crippen MR) is 169 cm³/mol. The summed E-state index contributed by atoms with van der Waals surface area (Å²) in [4.78, 5) is 43.5. The second-order valence-corrected chi connectivity index (χ2v) is 11.2. The first-order valence-corrected chi connectivity index (χ1v) is 14.7. The van der Waals surface area contributed by atoms with E-state index in [9.17, 15) is 27.6 Å². The number of anilines is 2. The SMILES string of the molecule is CCN1C(=O)[C@@H](NC(=O)c2cccc(C(F)(F)F)c2)[C@H](c2cc(NC(=O)/C=C/CN(C)C)ccc2F)c2cnn(-c3ccccc3)c21. The van der Waals surface area contributed by atoms with Crippen molar-refractivity contribution >= 4 is 29.2 Å². The van der Waals surface area contributed by atoms with Crippen LogP contribution in [0.3, 0.4) is 0 Å². The van der Waals surface area contributed by atoms with E-state index in [-0.39, 0.29) is 23.4 Å². The summed E-state index contributed by atoms with van der Waals surface area (Å²) >= 11 is 0. The highest BCUT2D eigenvalue weighted by Gasteiger charge is 2.45. The second kappa shape index (κ2) is 13.6. The molecule has 4 aromatic rings. The zero-order valence-electron chi connectivity index (χ0n) is 25.8. The van der Waals surface area contributed by atoms with Gasteiger partial charge in [-0.1, -0.05) is 30.3 Å². The summed E-state index contributed by atoms with van der Waals surface area (Å²) in [5.41, 5.74) is -0.161. The number of halogens is 4. The molecule has 2 N–H and O–H groups in total. The molecule has 0 aliphatic carbocycles. The number of nitrogens with zero attached hydrogens (tertiary/aromatic N) is 4. The van der Waals surface area contributed by atoms with Crippen molar-refractivity contribution in [2.75, 3.05) is 37.4 Å². The van der Waals surface area contributed by atoms with Gasteiger partial charge in [0.05, 0.1) is 17.4 Å². The summed E-state index contributed by atoms with van der Waals surface area (Å²) in [6.45, 7) is 2.38. The molecule has 244 valence electrons. The molecule has 5 rings (SSSR count). The smallest absolute Gasteiger partial charge is 0.339 e. The van der Waals surface area contributed by atoms with Gasteiger partial charge in [0.2, 0.25) is 5.91 Å². The molecule has 0 unspecified atom stereocenters. The summed E-state index contributed by atoms with van der Waals surface area (Å²) in [6, 6.07) is 15.2. The number of para-hydroxylation sites is 1. The Bertz CT molecular complexity index is 1820. The van der Waals surface area contributed by atoms with Gasteiger partial charge in [0, 0.05) is 47.5 Å². The maximum atomic E-state index is 15.8. The maximum absolute atomic E-state index is 15.8. The Morgan fingerprint density at radius 1 is 1.00 bits per heavy atom. The fourth-order valence-electron chi connectivity index (χ4n) is 5.47. The van der Waals surface area contributed by atoms with Crippen molar-refractivity contribution < 1.29 is 31.9 Å². The van der Waals surface area contributed by atoms with Gasteiger partial charge in [-0.05, 0) is 69.6 Å². The highest BCUT2D eigenvalue weighted by atomic mass is 19.4. The summed E-state index contributed by atoms with van der Waals surface area (Å²) in [6.07, 6.45) is -0.232. The fourth-order valence-corrected chi connectivity index (χ4v) is 5.47. The van der Waals surface area contributed by atoms with E-state index < -0.39 is 47.2 Å². The topological polar surface area (TPSA) is 99.6 Å². The molecular weight excluding hydrogens is 616 g/mol. The zero-order chi connectivity index (χ0) is 33.9. The highest BCUT2D eigenvalue weighted by Crippen LogP contribution is 2.43. The standard InChI is InChI=1S/C34H32F4N6O3/c1-4-43-32-26(20-39-44(32)24-12-6-5-7-13-24)29(25-19-23(15-16-27(25)35)40-28(45)14-9-17-42(2)3)30(33(43)47)41-31(46)21-10-8-11-22(18-21)34(36,37)38/h5-16,18-20,29-30H,4,17H2,1-3H3,(H,40,45)(H,41,46)/b14-9+/t29-,30+/m1/s1. The maximum Gasteiger partial charge on any atom is 0.416 e. The van der Waals surface area contributed by atoms with Crippen LogP contribution in [0.25, 0.3) is 5.69 Å². The van der Waals surface area contributed by atoms with E-state index in [4.69, 9.17) is 0 Å². The molecule has 0 bridgehead atoms. The number of nitrogens with one attached hydrogen (secondary N) is 2. The van der Waals surface area contributed by atoms with Crippen molar-refractivity contribution in [2.24, 2.45) is 0 Å². The lowest BCUT2D eigenvalue weighted by molar-refractivity contribution is -0.137. The van der Waals surface area contributed by atoms with Gasteiger partial charge in [0.1, 0.15) is 17.7 Å². The molecule has 1 aromatic heterocycles. The molecule has 1 aliphatic heterocycles.